The van der Waals surface area contributed by atoms with Crippen molar-refractivity contribution in [3.63, 3.8) is 0 Å². The Labute approximate surface area is 171 Å². The van der Waals surface area contributed by atoms with E-state index in [0.717, 1.165) is 31.4 Å². The molecule has 2 fully saturated rings. The molecule has 29 heavy (non-hydrogen) atoms. The first kappa shape index (κ1) is 18.4. The number of fused-ring (bicyclic) bond motifs is 1. The van der Waals surface area contributed by atoms with Gasteiger partial charge < -0.3 is 4.90 Å². The zero-order valence-corrected chi connectivity index (χ0v) is 16.6. The molecule has 2 amide bonds. The van der Waals surface area contributed by atoms with Crippen LogP contribution in [0.3, 0.4) is 0 Å². The van der Waals surface area contributed by atoms with Crippen LogP contribution in [0.4, 0.5) is 10.1 Å². The second-order valence-electron chi connectivity index (χ2n) is 7.75. The van der Waals surface area contributed by atoms with E-state index in [-0.39, 0.29) is 30.1 Å². The number of rotatable bonds is 3. The Morgan fingerprint density at radius 3 is 2.48 bits per heavy atom. The van der Waals surface area contributed by atoms with Gasteiger partial charge in [0.2, 0.25) is 5.91 Å². The molecule has 2 saturated heterocycles. The number of likely N-dealkylation sites (tertiary alicyclic amines) is 1. The third kappa shape index (κ3) is 3.34. The fourth-order valence-electron chi connectivity index (χ4n) is 4.46. The van der Waals surface area contributed by atoms with Crippen LogP contribution < -0.4 is 9.80 Å². The van der Waals surface area contributed by atoms with Crippen LogP contribution in [0, 0.1) is 5.82 Å². The van der Waals surface area contributed by atoms with Crippen LogP contribution in [0.2, 0.25) is 0 Å². The maximum atomic E-state index is 13.2. The predicted octanol–water partition coefficient (Wildman–Crippen LogP) is 2.53. The van der Waals surface area contributed by atoms with E-state index in [4.69, 9.17) is 4.98 Å². The number of carbonyl (C=O) groups is 2. The Morgan fingerprint density at radius 1 is 1.03 bits per heavy atom. The molecule has 5 nitrogen and oxygen atoms in total. The highest BCUT2D eigenvalue weighted by atomic mass is 32.1. The van der Waals surface area contributed by atoms with Crippen molar-refractivity contribution in [2.75, 3.05) is 18.0 Å². The molecule has 0 spiro atoms. The van der Waals surface area contributed by atoms with Crippen LogP contribution >= 0.6 is 11.3 Å². The maximum absolute atomic E-state index is 13.2. The lowest BCUT2D eigenvalue weighted by Gasteiger charge is -2.31. The number of carbonyl (C=O) groups excluding carboxylic acids is 2. The van der Waals surface area contributed by atoms with Gasteiger partial charge in [-0.05, 0) is 36.4 Å². The summed E-state index contributed by atoms with van der Waals surface area (Å²) in [4.78, 5) is 32.6. The first-order chi connectivity index (χ1) is 14.1. The topological polar surface area (TPSA) is 54.7 Å². The normalized spacial score (nSPS) is 25.1. The van der Waals surface area contributed by atoms with Gasteiger partial charge in [0.25, 0.3) is 5.91 Å². The smallest absolute Gasteiger partial charge is 0.292 e. The molecule has 0 unspecified atom stereocenters. The third-order valence-corrected chi connectivity index (χ3v) is 7.21. The van der Waals surface area contributed by atoms with Gasteiger partial charge in [-0.2, -0.15) is 0 Å². The molecule has 7 heteroatoms. The van der Waals surface area contributed by atoms with Crippen molar-refractivity contribution in [3.05, 3.63) is 59.4 Å². The number of imide groups is 1. The van der Waals surface area contributed by atoms with E-state index in [1.807, 2.05) is 18.2 Å². The Bertz CT molecular complexity index is 1040. The molecule has 0 bridgehead atoms. The lowest BCUT2D eigenvalue weighted by atomic mass is 9.96. The molecule has 2 aromatic carbocycles. The molecule has 0 radical (unpaired) electrons. The largest absolute Gasteiger partial charge is 0.324 e. The number of hydrogen-bond acceptors (Lipinski definition) is 4. The number of amides is 2. The number of aromatic nitrogens is 1. The van der Waals surface area contributed by atoms with Crippen molar-refractivity contribution < 1.29 is 18.9 Å². The monoisotopic (exact) mass is 410 g/mol. The minimum Gasteiger partial charge on any atom is -0.324 e. The molecule has 3 heterocycles. The quantitative estimate of drug-likeness (QED) is 0.675. The van der Waals surface area contributed by atoms with Gasteiger partial charge in [0, 0.05) is 18.8 Å². The molecular weight excluding hydrogens is 389 g/mol. The molecule has 148 valence electrons. The number of para-hydroxylation sites is 1. The molecule has 1 atom stereocenters. The highest BCUT2D eigenvalue weighted by molar-refractivity contribution is 7.18. The van der Waals surface area contributed by atoms with Gasteiger partial charge >= 0.3 is 0 Å². The Hall–Kier alpha value is -2.64. The van der Waals surface area contributed by atoms with Crippen LogP contribution in [0.5, 0.6) is 0 Å². The van der Waals surface area contributed by atoms with Gasteiger partial charge in [0.15, 0.2) is 6.04 Å². The summed E-state index contributed by atoms with van der Waals surface area (Å²) in [5, 5.41) is 1.17. The van der Waals surface area contributed by atoms with Gasteiger partial charge in [-0.1, -0.05) is 12.1 Å². The summed E-state index contributed by atoms with van der Waals surface area (Å²) < 4.78 is 14.4. The second-order valence-corrected chi connectivity index (χ2v) is 8.82. The lowest BCUT2D eigenvalue weighted by Crippen LogP contribution is -3.17. The summed E-state index contributed by atoms with van der Waals surface area (Å²) in [6.07, 6.45) is 2.14. The summed E-state index contributed by atoms with van der Waals surface area (Å²) in [6, 6.07) is 13.4. The van der Waals surface area contributed by atoms with Gasteiger partial charge in [-0.3, -0.25) is 9.59 Å². The van der Waals surface area contributed by atoms with E-state index < -0.39 is 0 Å². The minimum absolute atomic E-state index is 0.171. The van der Waals surface area contributed by atoms with E-state index >= 15 is 0 Å². The lowest BCUT2D eigenvalue weighted by molar-refractivity contribution is -0.920. The summed E-state index contributed by atoms with van der Waals surface area (Å²) in [5.41, 5.74) is 1.50. The van der Waals surface area contributed by atoms with Crippen molar-refractivity contribution in [2.45, 2.75) is 31.2 Å². The maximum Gasteiger partial charge on any atom is 0.292 e. The highest BCUT2D eigenvalue weighted by Gasteiger charge is 2.46. The third-order valence-electron chi connectivity index (χ3n) is 6.01. The van der Waals surface area contributed by atoms with Gasteiger partial charge in [0.05, 0.1) is 40.4 Å². The van der Waals surface area contributed by atoms with Crippen LogP contribution in [0.15, 0.2) is 48.5 Å². The van der Waals surface area contributed by atoms with Crippen LogP contribution in [-0.2, 0) is 9.59 Å². The first-order valence-electron chi connectivity index (χ1n) is 9.92. The second kappa shape index (κ2) is 7.31. The molecule has 1 aromatic heterocycles. The highest BCUT2D eigenvalue weighted by Crippen LogP contribution is 2.32. The molecular formula is C22H21FN3O2S+. The average Bonchev–Trinajstić information content (AvgIpc) is 3.30. The van der Waals surface area contributed by atoms with Crippen molar-refractivity contribution in [1.29, 1.82) is 0 Å². The number of nitrogens with one attached hydrogen (secondary N) is 1. The Morgan fingerprint density at radius 2 is 1.76 bits per heavy atom. The van der Waals surface area contributed by atoms with E-state index in [1.165, 1.54) is 43.8 Å². The molecule has 0 saturated carbocycles. The van der Waals surface area contributed by atoms with Crippen molar-refractivity contribution >= 4 is 39.1 Å². The number of piperidine rings is 1. The predicted molar refractivity (Wildman–Crippen MR) is 110 cm³/mol. The fourth-order valence-corrected chi connectivity index (χ4v) is 5.60. The van der Waals surface area contributed by atoms with Crippen LogP contribution in [0.1, 0.15) is 30.2 Å². The number of nitrogens with zero attached hydrogens (tertiary/aromatic N) is 2. The van der Waals surface area contributed by atoms with E-state index in [2.05, 4.69) is 6.07 Å². The standard InChI is InChI=1S/C22H20FN3O2S/c23-15-5-7-16(8-6-15)26-20(27)13-18(22(26)28)25-11-9-14(10-12-25)21-24-17-3-1-2-4-19(17)29-21/h1-8,14,18H,9-13H2/p+1/t18-/m1/s1. The summed E-state index contributed by atoms with van der Waals surface area (Å²) >= 11 is 1.76. The summed E-state index contributed by atoms with van der Waals surface area (Å²) in [6.45, 7) is 1.70. The number of quaternary nitrogens is 1. The Balaban J connectivity index is 1.27. The van der Waals surface area contributed by atoms with Crippen molar-refractivity contribution in [1.82, 2.24) is 4.98 Å². The van der Waals surface area contributed by atoms with E-state index in [9.17, 15) is 14.0 Å². The van der Waals surface area contributed by atoms with Gasteiger partial charge in [-0.15, -0.1) is 11.3 Å². The Kier molecular flexibility index (Phi) is 4.64. The van der Waals surface area contributed by atoms with Crippen LogP contribution in [0.25, 0.3) is 10.2 Å². The number of thiazole rings is 1. The average molecular weight is 410 g/mol. The zero-order valence-electron chi connectivity index (χ0n) is 15.8. The van der Waals surface area contributed by atoms with Gasteiger partial charge in [-0.25, -0.2) is 14.3 Å². The number of benzene rings is 2. The summed E-state index contributed by atoms with van der Waals surface area (Å²) in [7, 11) is 0. The summed E-state index contributed by atoms with van der Waals surface area (Å²) in [5.74, 6) is -0.342. The molecule has 1 N–H and O–H groups in total. The molecule has 2 aliphatic heterocycles. The molecule has 3 aromatic rings. The first-order valence-corrected chi connectivity index (χ1v) is 10.7. The number of halogens is 1. The van der Waals surface area contributed by atoms with Crippen LogP contribution in [-0.4, -0.2) is 35.9 Å². The minimum atomic E-state index is -0.382. The van der Waals surface area contributed by atoms with E-state index in [0.29, 0.717) is 11.6 Å². The van der Waals surface area contributed by atoms with Gasteiger partial charge in [0.1, 0.15) is 5.82 Å². The number of anilines is 1. The molecule has 5 rings (SSSR count). The van der Waals surface area contributed by atoms with Crippen molar-refractivity contribution in [2.24, 2.45) is 0 Å². The van der Waals surface area contributed by atoms with E-state index in [1.54, 1.807) is 11.3 Å². The van der Waals surface area contributed by atoms with Crippen molar-refractivity contribution in [3.8, 4) is 0 Å². The number of hydrogen-bond donors (Lipinski definition) is 1. The fraction of sp³-hybridized carbons (Fsp3) is 0.318. The zero-order chi connectivity index (χ0) is 20.0. The molecule has 0 aliphatic carbocycles. The SMILES string of the molecule is O=C1C[C@@H]([NH+]2CCC(c3nc4ccccc4s3)CC2)C(=O)N1c1ccc(F)cc1. The molecule has 2 aliphatic rings.